The number of phenols is 1. The number of methoxy groups -OCH3 is 1. The average Bonchev–Trinajstić information content (AvgIpc) is 3.11. The molecule has 2 N–H and O–H groups in total. The van der Waals surface area contributed by atoms with Crippen molar-refractivity contribution in [1.29, 1.82) is 1.19 Å². The van der Waals surface area contributed by atoms with Crippen LogP contribution in [0.15, 0.2) is 72.8 Å². The van der Waals surface area contributed by atoms with Gasteiger partial charge < -0.3 is 29.2 Å². The molecule has 0 fully saturated rings. The summed E-state index contributed by atoms with van der Waals surface area (Å²) in [6.07, 6.45) is 2.27. The van der Waals surface area contributed by atoms with E-state index in [1.54, 1.807) is 31.4 Å². The summed E-state index contributed by atoms with van der Waals surface area (Å²) in [6.45, 7) is 4.16. The third-order valence-electron chi connectivity index (χ3n) is 6.00. The molecule has 0 heterocycles. The van der Waals surface area contributed by atoms with E-state index in [0.717, 1.165) is 48.4 Å². The first-order valence-corrected chi connectivity index (χ1v) is 32.6. The Balaban J connectivity index is 0.000000443. The van der Waals surface area contributed by atoms with E-state index in [0.29, 0.717) is 47.3 Å². The second kappa shape index (κ2) is 29.4. The van der Waals surface area contributed by atoms with Crippen LogP contribution in [-0.2, 0) is 36.6 Å². The second-order valence-corrected chi connectivity index (χ2v) is 29.7. The Morgan fingerprint density at radius 3 is 1.55 bits per heavy atom. The van der Waals surface area contributed by atoms with Crippen molar-refractivity contribution in [3.05, 3.63) is 98.2 Å². The van der Waals surface area contributed by atoms with Gasteiger partial charge in [-0.2, -0.15) is 0 Å². The van der Waals surface area contributed by atoms with Crippen LogP contribution in [0, 0.1) is 14.3 Å². The van der Waals surface area contributed by atoms with Crippen LogP contribution >= 0.6 is 158 Å². The number of halogens is 7. The van der Waals surface area contributed by atoms with E-state index >= 15 is 0 Å². The molecular weight excluding hydrogens is 1510 g/mol. The van der Waals surface area contributed by atoms with E-state index in [1.807, 2.05) is 62.1 Å². The number of carboxylic acid groups (broad SMARTS) is 1. The predicted molar refractivity (Wildman–Crippen MR) is 265 cm³/mol. The van der Waals surface area contributed by atoms with Crippen molar-refractivity contribution in [3.63, 3.8) is 0 Å². The number of benzene rings is 4. The Bertz CT molecular complexity index is 1660. The summed E-state index contributed by atoms with van der Waals surface area (Å²) in [5, 5.41) is 18.0. The molecule has 0 radical (unpaired) electrons. The van der Waals surface area contributed by atoms with Gasteiger partial charge in [-0.05, 0) is 194 Å². The van der Waals surface area contributed by atoms with Crippen LogP contribution in [0.4, 0.5) is 0 Å². The molecule has 0 bridgehead atoms. The van der Waals surface area contributed by atoms with Crippen molar-refractivity contribution in [1.82, 2.24) is 0 Å². The molecule has 51 heavy (non-hydrogen) atoms. The third-order valence-corrected chi connectivity index (χ3v) is 9.21. The minimum absolute atomic E-state index is 0.115. The number of aromatic hydroxyl groups is 1. The Morgan fingerprint density at radius 1 is 0.824 bits per heavy atom. The van der Waals surface area contributed by atoms with Crippen LogP contribution in [0.2, 0.25) is 0 Å². The van der Waals surface area contributed by atoms with E-state index in [1.165, 1.54) is 0 Å². The van der Waals surface area contributed by atoms with Crippen molar-refractivity contribution < 1.29 is 48.2 Å². The van der Waals surface area contributed by atoms with E-state index in [4.69, 9.17) is 25.2 Å². The quantitative estimate of drug-likeness (QED) is 0.0774. The molecule has 4 aromatic rings. The fourth-order valence-corrected chi connectivity index (χ4v) is 8.07. The predicted octanol–water partition coefficient (Wildman–Crippen LogP) is 12.5. The van der Waals surface area contributed by atoms with E-state index in [2.05, 4.69) is 130 Å². The van der Waals surface area contributed by atoms with Crippen LogP contribution in [0.5, 0.6) is 34.5 Å². The van der Waals surface area contributed by atoms with Crippen LogP contribution in [0.25, 0.3) is 0 Å². The van der Waals surface area contributed by atoms with Gasteiger partial charge in [0.1, 0.15) is 23.0 Å². The molecule has 0 aliphatic carbocycles. The molecule has 0 saturated heterocycles. The SMILES string of the molecule is CCOC(=O)CCc1cc(I)c(Oc2ccc(OC)cc2)c(I)c1.O=C(O)CCc1cc(I)c(Oc2ccc(O)cc2)c(I)c1.[2H]I([3H])PC.[I][V][I]. The standard InChI is InChI=1S/C18H18I2O4.C15H12I2O4.CH6IP.2HI.V/c1-3-23-17(21)9-4-12-10-15(19)18(16(20)11-12)24-14-7-5-13(22-2)6-8-14;16-12-7-9(1-6-14(19)20)8-13(17)15(12)21-11-4-2-10(18)3-5-11;1-3-2;;;/h5-8,10-11H,3-4,9H2,1-2H3;2-5,7-8,18H,1,6H2,(H,19,20);3H,2H2,1H3;2*1H;/q;;;;;+2/p-2/i;;2TD;;;. The van der Waals surface area contributed by atoms with Crippen LogP contribution in [-0.4, -0.2) is 43.7 Å². The van der Waals surface area contributed by atoms with Crippen molar-refractivity contribution in [3.8, 4) is 34.5 Å². The molecule has 4 rings (SSSR count). The Morgan fingerprint density at radius 2 is 1.20 bits per heavy atom. The number of carbonyl (C=O) groups excluding carboxylic acids is 1. The van der Waals surface area contributed by atoms with E-state index in [9.17, 15) is 14.7 Å². The molecule has 0 aromatic heterocycles. The zero-order valence-electron chi connectivity index (χ0n) is 29.4. The summed E-state index contributed by atoms with van der Waals surface area (Å²) < 4.78 is 39.1. The number of esters is 1. The number of aryl methyl sites for hydroxylation is 2. The summed E-state index contributed by atoms with van der Waals surface area (Å²) in [6, 6.07) is 21.9. The van der Waals surface area contributed by atoms with Crippen LogP contribution in [0.1, 0.15) is 30.9 Å². The third kappa shape index (κ3) is 21.3. The number of carboxylic acids is 1. The maximum atomic E-state index is 11.5. The number of carbonyl (C=O) groups is 2. The molecule has 17 heteroatoms. The van der Waals surface area contributed by atoms with E-state index < -0.39 is 27.6 Å². The Labute approximate surface area is 398 Å². The summed E-state index contributed by atoms with van der Waals surface area (Å²) >= 11 is 11.8. The van der Waals surface area contributed by atoms with Gasteiger partial charge in [0.05, 0.1) is 28.0 Å². The number of rotatable bonds is 13. The fraction of sp³-hybridized carbons (Fsp3) is 0.235. The second-order valence-electron chi connectivity index (χ2n) is 9.60. The molecule has 279 valence electrons. The van der Waals surface area contributed by atoms with Crippen LogP contribution < -0.4 is 14.2 Å². The number of ether oxygens (including phenoxy) is 4. The Kier molecular flexibility index (Phi) is 26.8. The number of hydrogen-bond donors (Lipinski definition) is 2. The summed E-state index contributed by atoms with van der Waals surface area (Å²) in [5.41, 5.74) is 2.07. The maximum absolute atomic E-state index is 11.5. The molecule has 0 aliphatic rings. The number of hydrogen-bond acceptors (Lipinski definition) is 7. The molecular formula is C34H36I7O8PV. The normalized spacial score (nSPS) is 10.8. The van der Waals surface area contributed by atoms with Gasteiger partial charge in [0.15, 0.2) is 11.5 Å². The Hall–Kier alpha value is 1.14. The molecule has 0 spiro atoms. The van der Waals surface area contributed by atoms with Gasteiger partial charge in [0.25, 0.3) is 0 Å². The first-order chi connectivity index (χ1) is 25.2. The van der Waals surface area contributed by atoms with Crippen LogP contribution in [0.3, 0.4) is 0 Å². The fourth-order valence-electron chi connectivity index (χ4n) is 3.83. The van der Waals surface area contributed by atoms with Gasteiger partial charge in [-0.15, -0.1) is 0 Å². The van der Waals surface area contributed by atoms with Gasteiger partial charge in [-0.25, -0.2) is 0 Å². The molecule has 8 nitrogen and oxygen atoms in total. The molecule has 0 aliphatic heterocycles. The first kappa shape index (κ1) is 46.5. The van der Waals surface area contributed by atoms with Crippen molar-refractivity contribution in [2.45, 2.75) is 32.6 Å². The number of phenolic OH excluding ortho intramolecular Hbond substituents is 1. The summed E-state index contributed by atoms with van der Waals surface area (Å²) in [4.78, 5) is 22.1. The molecule has 1 unspecified atom stereocenters. The molecule has 0 saturated carbocycles. The zero-order valence-corrected chi connectivity index (χ0v) is 44.9. The number of aliphatic carboxylic acids is 1. The van der Waals surface area contributed by atoms with Gasteiger partial charge in [-0.1, -0.05) is 0 Å². The molecule has 4 aromatic carbocycles. The van der Waals surface area contributed by atoms with Gasteiger partial charge in [0.2, 0.25) is 0 Å². The molecule has 1 atom stereocenters. The van der Waals surface area contributed by atoms with Crippen molar-refractivity contribution in [2.24, 2.45) is 0 Å². The zero-order chi connectivity index (χ0) is 39.9. The summed E-state index contributed by atoms with van der Waals surface area (Å²) in [5.74, 6) is 2.97. The van der Waals surface area contributed by atoms with Crippen molar-refractivity contribution in [2.75, 3.05) is 20.4 Å². The van der Waals surface area contributed by atoms with Gasteiger partial charge >= 0.3 is 97.1 Å². The monoisotopic (exact) mass is 1550 g/mol. The molecule has 0 amide bonds. The minimum atomic E-state index is -1.75. The summed E-state index contributed by atoms with van der Waals surface area (Å²) in [7, 11) is 2.26. The van der Waals surface area contributed by atoms with E-state index in [-0.39, 0.29) is 18.1 Å². The first-order valence-electron chi connectivity index (χ1n) is 15.4. The van der Waals surface area contributed by atoms with Gasteiger partial charge in [0, 0.05) is 12.8 Å². The average molecular weight is 1550 g/mol. The van der Waals surface area contributed by atoms with Crippen molar-refractivity contribution >= 4 is 170 Å². The topological polar surface area (TPSA) is 112 Å². The van der Waals surface area contributed by atoms with Gasteiger partial charge in [-0.3, -0.25) is 9.59 Å².